The first-order valence-electron chi connectivity index (χ1n) is 11.8. The molecule has 2 aromatic heterocycles. The molecule has 0 radical (unpaired) electrons. The van der Waals surface area contributed by atoms with Gasteiger partial charge in [0.05, 0.1) is 18.8 Å². The Bertz CT molecular complexity index is 1410. The molecule has 2 aliphatic rings. The van der Waals surface area contributed by atoms with Gasteiger partial charge in [-0.15, -0.1) is 0 Å². The Morgan fingerprint density at radius 3 is 2.82 bits per heavy atom. The fourth-order valence-electron chi connectivity index (χ4n) is 4.27. The number of esters is 1. The Kier molecular flexibility index (Phi) is 7.41. The van der Waals surface area contributed by atoms with Crippen molar-refractivity contribution in [2.24, 2.45) is 0 Å². The molecule has 208 valence electrons. The summed E-state index contributed by atoms with van der Waals surface area (Å²) in [7, 11) is -1.97. The van der Waals surface area contributed by atoms with Crippen LogP contribution in [0.4, 0.5) is 5.95 Å². The molecule has 0 bridgehead atoms. The molecule has 14 nitrogen and oxygen atoms in total. The second kappa shape index (κ2) is 10.5. The van der Waals surface area contributed by atoms with Gasteiger partial charge in [-0.05, 0) is 19.4 Å². The SMILES string of the molecule is COc1nc(N)nc2c1ncn2C1OC(CO[P+]2(O)NC(C(=O)OC(C)c3ccccc3)=CS2)C(O)C1(C)O. The van der Waals surface area contributed by atoms with Crippen molar-refractivity contribution in [2.45, 2.75) is 44.0 Å². The highest BCUT2D eigenvalue weighted by Crippen LogP contribution is 2.68. The molecule has 1 saturated heterocycles. The third kappa shape index (κ3) is 5.26. The number of anilines is 1. The van der Waals surface area contributed by atoms with Gasteiger partial charge in [0.2, 0.25) is 11.8 Å². The van der Waals surface area contributed by atoms with E-state index in [1.54, 1.807) is 6.92 Å². The van der Waals surface area contributed by atoms with Crippen molar-refractivity contribution in [1.82, 2.24) is 24.6 Å². The Balaban J connectivity index is 1.23. The fraction of sp³-hybridized carbons (Fsp3) is 0.391. The number of benzene rings is 1. The molecule has 0 aliphatic carbocycles. The van der Waals surface area contributed by atoms with Crippen molar-refractivity contribution in [3.63, 3.8) is 0 Å². The molecule has 2 aliphatic heterocycles. The maximum Gasteiger partial charge on any atom is 0.440 e. The first-order valence-corrected chi connectivity index (χ1v) is 15.0. The summed E-state index contributed by atoms with van der Waals surface area (Å²) < 4.78 is 23.7. The number of nitrogen functional groups attached to an aromatic ring is 1. The first kappa shape index (κ1) is 27.5. The van der Waals surface area contributed by atoms with E-state index in [0.717, 1.165) is 16.9 Å². The van der Waals surface area contributed by atoms with E-state index in [1.807, 2.05) is 30.3 Å². The van der Waals surface area contributed by atoms with Gasteiger partial charge in [-0.25, -0.2) is 9.78 Å². The van der Waals surface area contributed by atoms with Gasteiger partial charge in [0, 0.05) is 0 Å². The van der Waals surface area contributed by atoms with Crippen LogP contribution in [0.5, 0.6) is 5.88 Å². The lowest BCUT2D eigenvalue weighted by Crippen LogP contribution is -2.44. The molecule has 39 heavy (non-hydrogen) atoms. The van der Waals surface area contributed by atoms with Gasteiger partial charge in [0.15, 0.2) is 23.1 Å². The smallest absolute Gasteiger partial charge is 0.440 e. The number of carbonyl (C=O) groups is 1. The van der Waals surface area contributed by atoms with Crippen LogP contribution in [0.2, 0.25) is 0 Å². The number of nitrogens with zero attached hydrogens (tertiary/aromatic N) is 4. The van der Waals surface area contributed by atoms with Gasteiger partial charge in [-0.3, -0.25) is 4.57 Å². The minimum Gasteiger partial charge on any atom is -0.479 e. The molecule has 6 N–H and O–H groups in total. The molecule has 1 fully saturated rings. The number of ether oxygens (including phenoxy) is 3. The van der Waals surface area contributed by atoms with Crippen LogP contribution in [0.1, 0.15) is 31.7 Å². The lowest BCUT2D eigenvalue weighted by molar-refractivity contribution is -0.144. The average molecular weight is 580 g/mol. The third-order valence-electron chi connectivity index (χ3n) is 6.37. The van der Waals surface area contributed by atoms with Gasteiger partial charge >= 0.3 is 13.0 Å². The van der Waals surface area contributed by atoms with Crippen LogP contribution < -0.4 is 15.6 Å². The summed E-state index contributed by atoms with van der Waals surface area (Å²) in [5, 5.41) is 26.1. The average Bonchev–Trinajstić information content (AvgIpc) is 3.57. The summed E-state index contributed by atoms with van der Waals surface area (Å²) in [6.45, 7) is 2.84. The number of aliphatic hydroxyl groups excluding tert-OH is 1. The maximum atomic E-state index is 12.6. The van der Waals surface area contributed by atoms with E-state index in [2.05, 4.69) is 20.0 Å². The second-order valence-corrected chi connectivity index (χ2v) is 13.2. The van der Waals surface area contributed by atoms with Gasteiger partial charge < -0.3 is 30.2 Å². The van der Waals surface area contributed by atoms with E-state index in [9.17, 15) is 19.9 Å². The summed E-state index contributed by atoms with van der Waals surface area (Å²) in [5.74, 6) is -0.580. The Hall–Kier alpha value is -3.04. The summed E-state index contributed by atoms with van der Waals surface area (Å²) in [4.78, 5) is 35.9. The number of carbonyl (C=O) groups excluding carboxylic acids is 1. The molecular formula is C23H28N6O8PS+. The lowest BCUT2D eigenvalue weighted by atomic mass is 9.96. The summed E-state index contributed by atoms with van der Waals surface area (Å²) in [6.07, 6.45) is -2.73. The number of hydrogen-bond acceptors (Lipinski definition) is 14. The quantitative estimate of drug-likeness (QED) is 0.191. The summed E-state index contributed by atoms with van der Waals surface area (Å²) >= 11 is 0.905. The molecule has 3 aromatic rings. The molecule has 5 rings (SSSR count). The van der Waals surface area contributed by atoms with Crippen molar-refractivity contribution in [3.8, 4) is 5.88 Å². The number of hydrogen-bond donors (Lipinski definition) is 5. The van der Waals surface area contributed by atoms with Crippen LogP contribution in [-0.2, 0) is 18.8 Å². The maximum absolute atomic E-state index is 12.6. The minimum absolute atomic E-state index is 0.0486. The second-order valence-electron chi connectivity index (χ2n) is 9.14. The molecule has 0 saturated carbocycles. The van der Waals surface area contributed by atoms with Crippen molar-refractivity contribution < 1.29 is 38.6 Å². The first-order chi connectivity index (χ1) is 18.5. The number of aromatic nitrogens is 4. The predicted molar refractivity (Wildman–Crippen MR) is 142 cm³/mol. The largest absolute Gasteiger partial charge is 0.479 e. The van der Waals surface area contributed by atoms with Crippen LogP contribution in [0.15, 0.2) is 47.8 Å². The van der Waals surface area contributed by atoms with Gasteiger partial charge in [-0.2, -0.15) is 24.5 Å². The highest BCUT2D eigenvalue weighted by atomic mass is 32.7. The molecule has 0 spiro atoms. The van der Waals surface area contributed by atoms with E-state index >= 15 is 0 Å². The monoisotopic (exact) mass is 579 g/mol. The Morgan fingerprint density at radius 1 is 1.36 bits per heavy atom. The van der Waals surface area contributed by atoms with Gasteiger partial charge in [0.25, 0.3) is 0 Å². The van der Waals surface area contributed by atoms with Crippen LogP contribution in [0, 0.1) is 0 Å². The molecular weight excluding hydrogens is 551 g/mol. The zero-order chi connectivity index (χ0) is 27.9. The van der Waals surface area contributed by atoms with Crippen molar-refractivity contribution in [1.29, 1.82) is 0 Å². The van der Waals surface area contributed by atoms with Gasteiger partial charge in [-0.1, -0.05) is 30.3 Å². The van der Waals surface area contributed by atoms with Crippen LogP contribution in [0.3, 0.4) is 0 Å². The van der Waals surface area contributed by atoms with Crippen molar-refractivity contribution >= 4 is 41.5 Å². The fourth-order valence-corrected chi connectivity index (χ4v) is 7.32. The number of rotatable bonds is 8. The van der Waals surface area contributed by atoms with Crippen LogP contribution in [0.25, 0.3) is 11.2 Å². The molecule has 6 unspecified atom stereocenters. The molecule has 6 atom stereocenters. The number of methoxy groups -OCH3 is 1. The van der Waals surface area contributed by atoms with E-state index in [4.69, 9.17) is 24.5 Å². The Morgan fingerprint density at radius 2 is 2.10 bits per heavy atom. The zero-order valence-electron chi connectivity index (χ0n) is 21.2. The predicted octanol–water partition coefficient (Wildman–Crippen LogP) is 1.60. The van der Waals surface area contributed by atoms with Crippen LogP contribution >= 0.6 is 18.5 Å². The van der Waals surface area contributed by atoms with E-state index < -0.39 is 43.2 Å². The zero-order valence-corrected chi connectivity index (χ0v) is 22.9. The normalized spacial score (nSPS) is 29.2. The summed E-state index contributed by atoms with van der Waals surface area (Å²) in [6, 6.07) is 9.24. The third-order valence-corrected chi connectivity index (χ3v) is 9.78. The number of imidazole rings is 1. The number of aliphatic hydroxyl groups is 2. The molecule has 4 heterocycles. The van der Waals surface area contributed by atoms with E-state index in [0.29, 0.717) is 5.52 Å². The number of fused-ring (bicyclic) bond motifs is 1. The van der Waals surface area contributed by atoms with Crippen molar-refractivity contribution in [3.05, 3.63) is 53.3 Å². The van der Waals surface area contributed by atoms with Gasteiger partial charge in [0.1, 0.15) is 41.9 Å². The van der Waals surface area contributed by atoms with E-state index in [1.165, 1.54) is 30.3 Å². The number of nitrogens with two attached hydrogens (primary N) is 1. The molecule has 0 amide bonds. The Labute approximate surface area is 227 Å². The molecule has 1 aromatic carbocycles. The highest BCUT2D eigenvalue weighted by Gasteiger charge is 2.56. The minimum atomic E-state index is -3.37. The highest BCUT2D eigenvalue weighted by molar-refractivity contribution is 8.60. The van der Waals surface area contributed by atoms with Crippen molar-refractivity contribution in [2.75, 3.05) is 19.5 Å². The molecule has 16 heteroatoms. The van der Waals surface area contributed by atoms with E-state index in [-0.39, 0.29) is 29.8 Å². The lowest BCUT2D eigenvalue weighted by Gasteiger charge is -2.27. The standard InChI is InChI=1S/C23H28N6O8PS/c1-12(13-7-5-4-6-8-13)36-20(31)14-10-39-38(33,28-14)35-9-15-17(30)23(2,32)21(37-15)29-11-25-16-18(29)26-22(24)27-19(16)34-3/h4-8,10-12,15,17,21,28,30,32-33H,9H2,1-3H3,(H2,24,26,27)/q+1. The summed E-state index contributed by atoms with van der Waals surface area (Å²) in [5.41, 5.74) is 5.38. The van der Waals surface area contributed by atoms with Crippen LogP contribution in [-0.4, -0.2) is 72.1 Å². The number of nitrogens with one attached hydrogen (secondary N) is 1. The topological polar surface area (TPSA) is 196 Å².